The molecule has 4 nitrogen and oxygen atoms in total. The summed E-state index contributed by atoms with van der Waals surface area (Å²) in [5.74, 6) is 0. The van der Waals surface area contributed by atoms with Gasteiger partial charge in [0, 0.05) is 17.6 Å². The van der Waals surface area contributed by atoms with Gasteiger partial charge in [-0.15, -0.1) is 10.2 Å². The lowest BCUT2D eigenvalue weighted by Crippen LogP contribution is -2.21. The Balaban J connectivity index is 1.97. The van der Waals surface area contributed by atoms with Crippen molar-refractivity contribution in [2.24, 2.45) is 0 Å². The number of hydrogen-bond donors (Lipinski definition) is 1. The third-order valence-corrected chi connectivity index (χ3v) is 4.47. The highest BCUT2D eigenvalue weighted by Crippen LogP contribution is 2.24. The van der Waals surface area contributed by atoms with E-state index in [1.54, 1.807) is 11.3 Å². The van der Waals surface area contributed by atoms with Crippen molar-refractivity contribution in [3.8, 4) is 0 Å². The number of hydrogen-bond acceptors (Lipinski definition) is 5. The Morgan fingerprint density at radius 2 is 2.19 bits per heavy atom. The topological polar surface area (TPSA) is 41.1 Å². The molecule has 1 unspecified atom stereocenters. The molecule has 0 radical (unpaired) electrons. The molecule has 1 atom stereocenters. The second kappa shape index (κ2) is 7.73. The molecule has 0 amide bonds. The highest BCUT2D eigenvalue weighted by Gasteiger charge is 2.14. The fourth-order valence-electron chi connectivity index (χ4n) is 1.99. The minimum atomic E-state index is 0.277. The van der Waals surface area contributed by atoms with Crippen LogP contribution in [0.2, 0.25) is 5.02 Å². The molecule has 0 saturated heterocycles. The first-order valence-corrected chi connectivity index (χ1v) is 8.31. The van der Waals surface area contributed by atoms with E-state index in [-0.39, 0.29) is 6.04 Å². The summed E-state index contributed by atoms with van der Waals surface area (Å²) in [4.78, 5) is 2.25. The van der Waals surface area contributed by atoms with E-state index >= 15 is 0 Å². The van der Waals surface area contributed by atoms with Crippen molar-refractivity contribution in [3.05, 3.63) is 39.9 Å². The van der Waals surface area contributed by atoms with Gasteiger partial charge in [0.2, 0.25) is 5.13 Å². The normalized spacial score (nSPS) is 12.6. The molecule has 1 N–H and O–H groups in total. The summed E-state index contributed by atoms with van der Waals surface area (Å²) in [6.45, 7) is 6.01. The summed E-state index contributed by atoms with van der Waals surface area (Å²) in [7, 11) is 2.09. The first kappa shape index (κ1) is 16.2. The first-order valence-electron chi connectivity index (χ1n) is 7.12. The number of benzene rings is 1. The van der Waals surface area contributed by atoms with Crippen LogP contribution in [0.3, 0.4) is 0 Å². The summed E-state index contributed by atoms with van der Waals surface area (Å²) in [5, 5.41) is 14.4. The molecule has 1 aromatic carbocycles. The molecule has 0 aliphatic carbocycles. The molecule has 2 aromatic rings. The number of nitrogens with zero attached hydrogens (tertiary/aromatic N) is 3. The zero-order valence-corrected chi connectivity index (χ0v) is 14.2. The van der Waals surface area contributed by atoms with Gasteiger partial charge < -0.3 is 5.32 Å². The fourth-order valence-corrected chi connectivity index (χ4v) is 3.02. The molecule has 0 fully saturated rings. The van der Waals surface area contributed by atoms with E-state index in [1.165, 1.54) is 5.56 Å². The largest absolute Gasteiger partial charge is 0.360 e. The van der Waals surface area contributed by atoms with Crippen LogP contribution in [0.15, 0.2) is 24.3 Å². The number of rotatable bonds is 7. The maximum atomic E-state index is 6.06. The Morgan fingerprint density at radius 1 is 1.38 bits per heavy atom. The SMILES string of the molecule is CCCNc1nnc(CN(C)C(C)c2cccc(Cl)c2)s1. The predicted octanol–water partition coefficient (Wildman–Crippen LogP) is 4.21. The van der Waals surface area contributed by atoms with Gasteiger partial charge in [-0.3, -0.25) is 4.90 Å². The van der Waals surface area contributed by atoms with E-state index in [1.807, 2.05) is 18.2 Å². The van der Waals surface area contributed by atoms with Gasteiger partial charge in [0.25, 0.3) is 0 Å². The van der Waals surface area contributed by atoms with Crippen LogP contribution in [0.4, 0.5) is 5.13 Å². The van der Waals surface area contributed by atoms with E-state index in [9.17, 15) is 0 Å². The third-order valence-electron chi connectivity index (χ3n) is 3.37. The lowest BCUT2D eigenvalue weighted by Gasteiger charge is -2.24. The summed E-state index contributed by atoms with van der Waals surface area (Å²) < 4.78 is 0. The monoisotopic (exact) mass is 324 g/mol. The minimum Gasteiger partial charge on any atom is -0.360 e. The molecule has 0 aliphatic heterocycles. The van der Waals surface area contributed by atoms with Crippen LogP contribution in [0, 0.1) is 0 Å². The highest BCUT2D eigenvalue weighted by molar-refractivity contribution is 7.15. The Morgan fingerprint density at radius 3 is 2.90 bits per heavy atom. The summed E-state index contributed by atoms with van der Waals surface area (Å²) in [6, 6.07) is 8.27. The zero-order chi connectivity index (χ0) is 15.2. The highest BCUT2D eigenvalue weighted by atomic mass is 35.5. The zero-order valence-electron chi connectivity index (χ0n) is 12.6. The Labute approximate surface area is 135 Å². The number of nitrogens with one attached hydrogen (secondary N) is 1. The van der Waals surface area contributed by atoms with Crippen LogP contribution >= 0.6 is 22.9 Å². The van der Waals surface area contributed by atoms with Crippen molar-refractivity contribution >= 4 is 28.1 Å². The van der Waals surface area contributed by atoms with Crippen LogP contribution in [-0.4, -0.2) is 28.7 Å². The maximum absolute atomic E-state index is 6.06. The lowest BCUT2D eigenvalue weighted by molar-refractivity contribution is 0.252. The molecule has 1 heterocycles. The van der Waals surface area contributed by atoms with E-state index in [0.29, 0.717) is 0 Å². The third kappa shape index (κ3) is 4.66. The van der Waals surface area contributed by atoms with Crippen LogP contribution in [0.5, 0.6) is 0 Å². The minimum absolute atomic E-state index is 0.277. The van der Waals surface area contributed by atoms with Crippen molar-refractivity contribution in [1.82, 2.24) is 15.1 Å². The van der Waals surface area contributed by atoms with Gasteiger partial charge in [-0.25, -0.2) is 0 Å². The van der Waals surface area contributed by atoms with Gasteiger partial charge in [-0.1, -0.05) is 42.0 Å². The second-order valence-electron chi connectivity index (χ2n) is 5.07. The number of anilines is 1. The number of aromatic nitrogens is 2. The maximum Gasteiger partial charge on any atom is 0.205 e. The molecule has 114 valence electrons. The molecule has 0 bridgehead atoms. The summed E-state index contributed by atoms with van der Waals surface area (Å²) in [6.07, 6.45) is 1.08. The molecular formula is C15H21ClN4S. The van der Waals surface area contributed by atoms with Gasteiger partial charge in [-0.05, 0) is 38.1 Å². The summed E-state index contributed by atoms with van der Waals surface area (Å²) >= 11 is 7.67. The van der Waals surface area contributed by atoms with Gasteiger partial charge >= 0.3 is 0 Å². The molecule has 6 heteroatoms. The average molecular weight is 325 g/mol. The predicted molar refractivity (Wildman–Crippen MR) is 90.0 cm³/mol. The summed E-state index contributed by atoms with van der Waals surface area (Å²) in [5.41, 5.74) is 1.21. The van der Waals surface area contributed by atoms with Crippen molar-refractivity contribution < 1.29 is 0 Å². The average Bonchev–Trinajstić information content (AvgIpc) is 2.91. The van der Waals surface area contributed by atoms with Gasteiger partial charge in [0.05, 0.1) is 6.54 Å². The van der Waals surface area contributed by atoms with Gasteiger partial charge in [-0.2, -0.15) is 0 Å². The standard InChI is InChI=1S/C15H21ClN4S/c1-4-8-17-15-19-18-14(21-15)10-20(3)11(2)12-6-5-7-13(16)9-12/h5-7,9,11H,4,8,10H2,1-3H3,(H,17,19). The molecule has 0 saturated carbocycles. The quantitative estimate of drug-likeness (QED) is 0.828. The lowest BCUT2D eigenvalue weighted by atomic mass is 10.1. The molecular weight excluding hydrogens is 304 g/mol. The smallest absolute Gasteiger partial charge is 0.205 e. The van der Waals surface area contributed by atoms with Crippen molar-refractivity contribution in [3.63, 3.8) is 0 Å². The van der Waals surface area contributed by atoms with E-state index < -0.39 is 0 Å². The van der Waals surface area contributed by atoms with Crippen molar-refractivity contribution in [1.29, 1.82) is 0 Å². The molecule has 1 aromatic heterocycles. The molecule has 0 aliphatic rings. The van der Waals surface area contributed by atoms with Crippen molar-refractivity contribution in [2.75, 3.05) is 18.9 Å². The Hall–Kier alpha value is -1.17. The van der Waals surface area contributed by atoms with Gasteiger partial charge in [0.1, 0.15) is 5.01 Å². The second-order valence-corrected chi connectivity index (χ2v) is 6.57. The van der Waals surface area contributed by atoms with Crippen LogP contribution in [0.25, 0.3) is 0 Å². The van der Waals surface area contributed by atoms with Gasteiger partial charge in [0.15, 0.2) is 0 Å². The van der Waals surface area contributed by atoms with Crippen molar-refractivity contribution in [2.45, 2.75) is 32.9 Å². The number of halogens is 1. The fraction of sp³-hybridized carbons (Fsp3) is 0.467. The van der Waals surface area contributed by atoms with E-state index in [0.717, 1.165) is 34.7 Å². The van der Waals surface area contributed by atoms with Crippen LogP contribution in [-0.2, 0) is 6.54 Å². The Bertz CT molecular complexity index is 572. The Kier molecular flexibility index (Phi) is 5.96. The molecule has 2 rings (SSSR count). The molecule has 0 spiro atoms. The van der Waals surface area contributed by atoms with Crippen LogP contribution in [0.1, 0.15) is 36.9 Å². The molecule has 21 heavy (non-hydrogen) atoms. The van der Waals surface area contributed by atoms with E-state index in [4.69, 9.17) is 11.6 Å². The first-order chi connectivity index (χ1) is 10.1. The van der Waals surface area contributed by atoms with E-state index in [2.05, 4.69) is 47.4 Å². The van der Waals surface area contributed by atoms with Crippen LogP contribution < -0.4 is 5.32 Å².